The van der Waals surface area contributed by atoms with Gasteiger partial charge in [-0.25, -0.2) is 0 Å². The molecule has 1 atom stereocenters. The first-order valence-electron chi connectivity index (χ1n) is 29.1. The number of unbranched alkanes of at least 4 members (excludes halogenated alkanes) is 21. The van der Waals surface area contributed by atoms with Crippen LogP contribution in [0.3, 0.4) is 0 Å². The van der Waals surface area contributed by atoms with Gasteiger partial charge in [0.05, 0.1) is 6.61 Å². The van der Waals surface area contributed by atoms with Crippen LogP contribution in [0.1, 0.15) is 252 Å². The van der Waals surface area contributed by atoms with Crippen molar-refractivity contribution in [2.24, 2.45) is 0 Å². The molecule has 0 aromatic heterocycles. The fraction of sp³-hybridized carbons (Fsp3) is 0.662. The Balaban J connectivity index is 4.42. The number of esters is 2. The van der Waals surface area contributed by atoms with Crippen LogP contribution in [0, 0.1) is 0 Å². The normalized spacial score (nSPS) is 13.1. The Morgan fingerprint density at radius 2 is 0.671 bits per heavy atom. The number of carbonyl (C=O) groups is 2. The lowest BCUT2D eigenvalue weighted by Gasteiger charge is -2.18. The molecule has 5 nitrogen and oxygen atoms in total. The van der Waals surface area contributed by atoms with Crippen LogP contribution in [0.15, 0.2) is 122 Å². The van der Waals surface area contributed by atoms with E-state index in [1.54, 1.807) is 0 Å². The summed E-state index contributed by atoms with van der Waals surface area (Å²) in [6, 6.07) is 0. The Bertz CT molecular complexity index is 1420. The van der Waals surface area contributed by atoms with E-state index < -0.39 is 6.10 Å². The van der Waals surface area contributed by atoms with Crippen molar-refractivity contribution in [3.05, 3.63) is 122 Å². The molecular weight excluding hydrogens is 861 g/mol. The van der Waals surface area contributed by atoms with Crippen molar-refractivity contribution in [3.8, 4) is 0 Å². The molecule has 0 spiro atoms. The fourth-order valence-electron chi connectivity index (χ4n) is 7.72. The highest BCUT2D eigenvalue weighted by molar-refractivity contribution is 5.70. The van der Waals surface area contributed by atoms with Crippen LogP contribution in [0.25, 0.3) is 0 Å². The van der Waals surface area contributed by atoms with E-state index in [2.05, 4.69) is 136 Å². The third-order valence-electron chi connectivity index (χ3n) is 12.0. The summed E-state index contributed by atoms with van der Waals surface area (Å²) < 4.78 is 17.4. The van der Waals surface area contributed by atoms with E-state index in [9.17, 15) is 9.59 Å². The lowest BCUT2D eigenvalue weighted by molar-refractivity contribution is -0.162. The summed E-state index contributed by atoms with van der Waals surface area (Å²) in [7, 11) is 0. The second-order valence-corrected chi connectivity index (χ2v) is 18.8. The predicted octanol–water partition coefficient (Wildman–Crippen LogP) is 20.1. The van der Waals surface area contributed by atoms with E-state index >= 15 is 0 Å². The molecule has 398 valence electrons. The Morgan fingerprint density at radius 3 is 1.10 bits per heavy atom. The first-order valence-corrected chi connectivity index (χ1v) is 29.1. The molecule has 0 saturated heterocycles. The van der Waals surface area contributed by atoms with Gasteiger partial charge in [-0.3, -0.25) is 9.59 Å². The van der Waals surface area contributed by atoms with Gasteiger partial charge < -0.3 is 14.2 Å². The molecule has 0 radical (unpaired) electrons. The molecule has 0 aliphatic heterocycles. The maximum absolute atomic E-state index is 12.9. The average molecular weight is 970 g/mol. The van der Waals surface area contributed by atoms with Gasteiger partial charge in [0.2, 0.25) is 0 Å². The van der Waals surface area contributed by atoms with Gasteiger partial charge in [-0.05, 0) is 116 Å². The molecule has 0 aromatic carbocycles. The van der Waals surface area contributed by atoms with Gasteiger partial charge in [-0.1, -0.05) is 245 Å². The minimum absolute atomic E-state index is 0.0326. The second kappa shape index (κ2) is 59.6. The third-order valence-corrected chi connectivity index (χ3v) is 12.0. The number of hydrogen-bond donors (Lipinski definition) is 0. The zero-order chi connectivity index (χ0) is 50.6. The van der Waals surface area contributed by atoms with Crippen molar-refractivity contribution in [3.63, 3.8) is 0 Å². The van der Waals surface area contributed by atoms with Crippen molar-refractivity contribution in [1.82, 2.24) is 0 Å². The molecule has 5 heteroatoms. The van der Waals surface area contributed by atoms with Gasteiger partial charge in [0.1, 0.15) is 6.61 Å². The molecule has 0 aromatic rings. The molecule has 0 rings (SSSR count). The van der Waals surface area contributed by atoms with Crippen LogP contribution in [0.4, 0.5) is 0 Å². The summed E-state index contributed by atoms with van der Waals surface area (Å²) in [5.41, 5.74) is 0. The average Bonchev–Trinajstić information content (AvgIpc) is 3.36. The van der Waals surface area contributed by atoms with Crippen LogP contribution in [0.2, 0.25) is 0 Å². The molecule has 0 saturated carbocycles. The zero-order valence-corrected chi connectivity index (χ0v) is 45.7. The lowest BCUT2D eigenvalue weighted by Crippen LogP contribution is -2.30. The van der Waals surface area contributed by atoms with E-state index in [0.717, 1.165) is 96.3 Å². The van der Waals surface area contributed by atoms with Crippen molar-refractivity contribution in [2.75, 3.05) is 19.8 Å². The summed E-state index contributed by atoms with van der Waals surface area (Å²) in [5.74, 6) is -0.506. The van der Waals surface area contributed by atoms with E-state index in [1.807, 2.05) is 6.08 Å². The van der Waals surface area contributed by atoms with Gasteiger partial charge in [-0.15, -0.1) is 0 Å². The molecule has 0 bridgehead atoms. The third kappa shape index (κ3) is 56.9. The summed E-state index contributed by atoms with van der Waals surface area (Å²) in [6.07, 6.45) is 83.8. The Morgan fingerprint density at radius 1 is 0.329 bits per heavy atom. The molecule has 70 heavy (non-hydrogen) atoms. The quantitative estimate of drug-likeness (QED) is 0.0345. The summed E-state index contributed by atoms with van der Waals surface area (Å²) in [5, 5.41) is 0. The van der Waals surface area contributed by atoms with Crippen molar-refractivity contribution >= 4 is 11.9 Å². The van der Waals surface area contributed by atoms with Crippen LogP contribution in [0.5, 0.6) is 0 Å². The highest BCUT2D eigenvalue weighted by Gasteiger charge is 2.17. The lowest BCUT2D eigenvalue weighted by atomic mass is 10.1. The molecule has 0 heterocycles. The van der Waals surface area contributed by atoms with E-state index in [1.165, 1.54) is 116 Å². The van der Waals surface area contributed by atoms with Crippen LogP contribution >= 0.6 is 0 Å². The van der Waals surface area contributed by atoms with Crippen LogP contribution < -0.4 is 0 Å². The van der Waals surface area contributed by atoms with Gasteiger partial charge in [0.15, 0.2) is 6.10 Å². The van der Waals surface area contributed by atoms with E-state index in [0.29, 0.717) is 25.9 Å². The minimum atomic E-state index is -0.584. The first kappa shape index (κ1) is 66.3. The largest absolute Gasteiger partial charge is 0.462 e. The molecule has 0 N–H and O–H groups in total. The maximum Gasteiger partial charge on any atom is 0.306 e. The van der Waals surface area contributed by atoms with Gasteiger partial charge >= 0.3 is 11.9 Å². The molecule has 0 aliphatic carbocycles. The van der Waals surface area contributed by atoms with Crippen LogP contribution in [-0.4, -0.2) is 37.9 Å². The van der Waals surface area contributed by atoms with Crippen molar-refractivity contribution < 1.29 is 23.8 Å². The maximum atomic E-state index is 12.9. The first-order chi connectivity index (χ1) is 34.6. The Labute approximate surface area is 433 Å². The Kier molecular flexibility index (Phi) is 56.5. The predicted molar refractivity (Wildman–Crippen MR) is 306 cm³/mol. The van der Waals surface area contributed by atoms with E-state index in [-0.39, 0.29) is 25.2 Å². The SMILES string of the molecule is CC/C=C\C/C=C\C/C=C\C/C=C\C/C=C\C/C=C\CCC(=O)OCC(COCCCCCCCC/C=C\C/C=C\C/C=C\CC)OC(=O)CCCCCCCCCCC/C=C\CCCCCCCC. The number of ether oxygens (including phenoxy) is 3. The Hall–Kier alpha value is -3.70. The highest BCUT2D eigenvalue weighted by atomic mass is 16.6. The fourth-order valence-corrected chi connectivity index (χ4v) is 7.72. The molecule has 0 fully saturated rings. The zero-order valence-electron chi connectivity index (χ0n) is 45.7. The topological polar surface area (TPSA) is 61.8 Å². The summed E-state index contributed by atoms with van der Waals surface area (Å²) in [4.78, 5) is 25.5. The smallest absolute Gasteiger partial charge is 0.306 e. The van der Waals surface area contributed by atoms with Crippen molar-refractivity contribution in [2.45, 2.75) is 258 Å². The van der Waals surface area contributed by atoms with Crippen molar-refractivity contribution in [1.29, 1.82) is 0 Å². The van der Waals surface area contributed by atoms with Gasteiger partial charge in [0, 0.05) is 19.4 Å². The number of hydrogen-bond acceptors (Lipinski definition) is 5. The molecule has 1 unspecified atom stereocenters. The summed E-state index contributed by atoms with van der Waals surface area (Å²) in [6.45, 7) is 7.50. The number of carbonyl (C=O) groups excluding carboxylic acids is 2. The number of allylic oxidation sites excluding steroid dienone is 20. The van der Waals surface area contributed by atoms with Gasteiger partial charge in [-0.2, -0.15) is 0 Å². The van der Waals surface area contributed by atoms with Gasteiger partial charge in [0.25, 0.3) is 0 Å². The second-order valence-electron chi connectivity index (χ2n) is 18.8. The summed E-state index contributed by atoms with van der Waals surface area (Å²) >= 11 is 0. The monoisotopic (exact) mass is 969 g/mol. The number of rotatable bonds is 52. The van der Waals surface area contributed by atoms with E-state index in [4.69, 9.17) is 14.2 Å². The standard InChI is InChI=1S/C65H108O5/c1-4-7-10-13-16-19-22-25-28-31-33-35-37-40-43-46-49-52-55-58-64(66)69-62-63(61-68-60-57-54-51-48-45-42-39-30-27-24-21-18-15-12-9-6-3)70-65(67)59-56-53-50-47-44-41-38-36-34-32-29-26-23-20-17-14-11-8-5-2/h7,9-10,12,16,18-19,21,25-30,33,35,40,43,49,52,63H,4-6,8,11,13-15,17,20,22-24,31-32,34,36-39,41-42,44-48,50-51,53-62H2,1-3H3/b10-7-,12-9-,19-16-,21-18-,28-25-,29-26-,30-27-,35-33-,43-40-,52-49-. The molecule has 0 aliphatic rings. The minimum Gasteiger partial charge on any atom is -0.462 e. The highest BCUT2D eigenvalue weighted by Crippen LogP contribution is 2.14. The van der Waals surface area contributed by atoms with Crippen LogP contribution in [-0.2, 0) is 23.8 Å². The molecular formula is C65H108O5. The molecule has 0 amide bonds.